The number of hydrogen-bond donors (Lipinski definition) is 0. The first-order valence-electron chi connectivity index (χ1n) is 11.7. The van der Waals surface area contributed by atoms with Gasteiger partial charge in [-0.15, -0.1) is 0 Å². The minimum atomic E-state index is 0.651. The lowest BCUT2D eigenvalue weighted by Gasteiger charge is -2.12. The van der Waals surface area contributed by atoms with Crippen molar-refractivity contribution >= 4 is 21.8 Å². The zero-order valence-electron chi connectivity index (χ0n) is 19.7. The zero-order valence-corrected chi connectivity index (χ0v) is 19.7. The van der Waals surface area contributed by atoms with Crippen LogP contribution in [0.2, 0.25) is 0 Å². The fourth-order valence-corrected chi connectivity index (χ4v) is 5.10. The minimum absolute atomic E-state index is 0.651. The van der Waals surface area contributed by atoms with Crippen LogP contribution in [-0.2, 0) is 0 Å². The molecular weight excluding hydrogens is 426 g/mol. The molecule has 2 heterocycles. The molecule has 0 radical (unpaired) electrons. The summed E-state index contributed by atoms with van der Waals surface area (Å²) in [6.07, 6.45) is 3.52. The lowest BCUT2D eigenvalue weighted by Crippen LogP contribution is -1.96. The normalized spacial score (nSPS) is 11.1. The predicted octanol–water partition coefficient (Wildman–Crippen LogP) is 8.00. The SMILES string of the molecule is Cc1ccc(-c2ccc3c(c2)c2ccccc2n3-c2ccc(C#N)c(-c3ccncc3)c2)c(C)c1. The topological polar surface area (TPSA) is 41.6 Å². The maximum Gasteiger partial charge on any atom is 0.0998 e. The van der Waals surface area contributed by atoms with Crippen LogP contribution < -0.4 is 0 Å². The molecule has 0 fully saturated rings. The maximum atomic E-state index is 9.75. The van der Waals surface area contributed by atoms with Gasteiger partial charge in [0, 0.05) is 34.4 Å². The Morgan fingerprint density at radius 1 is 0.686 bits per heavy atom. The number of para-hydroxylation sites is 1. The highest BCUT2D eigenvalue weighted by Crippen LogP contribution is 2.37. The summed E-state index contributed by atoms with van der Waals surface area (Å²) in [7, 11) is 0. The minimum Gasteiger partial charge on any atom is -0.309 e. The largest absolute Gasteiger partial charge is 0.309 e. The molecule has 0 unspecified atom stereocenters. The molecule has 3 nitrogen and oxygen atoms in total. The van der Waals surface area contributed by atoms with Crippen molar-refractivity contribution in [3.05, 3.63) is 120 Å². The van der Waals surface area contributed by atoms with E-state index in [4.69, 9.17) is 0 Å². The van der Waals surface area contributed by atoms with Crippen molar-refractivity contribution in [2.45, 2.75) is 13.8 Å². The Bertz CT molecular complexity index is 1770. The monoisotopic (exact) mass is 449 g/mol. The van der Waals surface area contributed by atoms with Gasteiger partial charge in [0.15, 0.2) is 0 Å². The van der Waals surface area contributed by atoms with E-state index in [0.29, 0.717) is 5.56 Å². The van der Waals surface area contributed by atoms with Crippen LogP contribution in [0.5, 0.6) is 0 Å². The van der Waals surface area contributed by atoms with Crippen molar-refractivity contribution in [1.29, 1.82) is 5.26 Å². The first kappa shape index (κ1) is 20.9. The Kier molecular flexibility index (Phi) is 4.94. The molecule has 0 N–H and O–H groups in total. The van der Waals surface area contributed by atoms with Gasteiger partial charge in [0.25, 0.3) is 0 Å². The molecule has 0 atom stereocenters. The van der Waals surface area contributed by atoms with E-state index >= 15 is 0 Å². The smallest absolute Gasteiger partial charge is 0.0998 e. The number of pyridine rings is 1. The number of aryl methyl sites for hydroxylation is 2. The highest BCUT2D eigenvalue weighted by molar-refractivity contribution is 6.10. The molecule has 2 aromatic heterocycles. The number of fused-ring (bicyclic) bond motifs is 3. The van der Waals surface area contributed by atoms with E-state index in [9.17, 15) is 5.26 Å². The van der Waals surface area contributed by atoms with Gasteiger partial charge in [-0.3, -0.25) is 4.98 Å². The number of benzene rings is 4. The average molecular weight is 450 g/mol. The molecule has 3 heteroatoms. The van der Waals surface area contributed by atoms with Crippen LogP contribution in [0.25, 0.3) is 49.7 Å². The molecule has 0 aliphatic carbocycles. The van der Waals surface area contributed by atoms with Crippen molar-refractivity contribution in [3.63, 3.8) is 0 Å². The van der Waals surface area contributed by atoms with Gasteiger partial charge in [-0.2, -0.15) is 5.26 Å². The standard InChI is InChI=1S/C32H23N3/c1-21-7-11-27(22(2)17-21)24-9-12-32-30(18-24)28-5-3-4-6-31(28)35(32)26-10-8-25(20-33)29(19-26)23-13-15-34-16-14-23/h3-19H,1-2H3. The fourth-order valence-electron chi connectivity index (χ4n) is 5.10. The van der Waals surface area contributed by atoms with E-state index in [1.54, 1.807) is 12.4 Å². The molecule has 0 saturated carbocycles. The molecular formula is C32H23N3. The van der Waals surface area contributed by atoms with Crippen LogP contribution in [-0.4, -0.2) is 9.55 Å². The molecule has 0 bridgehead atoms. The highest BCUT2D eigenvalue weighted by atomic mass is 15.0. The Morgan fingerprint density at radius 3 is 2.29 bits per heavy atom. The zero-order chi connectivity index (χ0) is 23.9. The van der Waals surface area contributed by atoms with E-state index in [0.717, 1.165) is 27.8 Å². The number of nitriles is 1. The van der Waals surface area contributed by atoms with Gasteiger partial charge in [0.2, 0.25) is 0 Å². The summed E-state index contributed by atoms with van der Waals surface area (Å²) in [5.74, 6) is 0. The van der Waals surface area contributed by atoms with Crippen LogP contribution >= 0.6 is 0 Å². The van der Waals surface area contributed by atoms with Crippen molar-refractivity contribution in [3.8, 4) is 34.0 Å². The molecule has 6 rings (SSSR count). The maximum absolute atomic E-state index is 9.75. The predicted molar refractivity (Wildman–Crippen MR) is 144 cm³/mol. The molecule has 35 heavy (non-hydrogen) atoms. The first-order valence-corrected chi connectivity index (χ1v) is 11.7. The van der Waals surface area contributed by atoms with E-state index in [1.165, 1.54) is 33.0 Å². The fraction of sp³-hybridized carbons (Fsp3) is 0.0625. The second-order valence-electron chi connectivity index (χ2n) is 8.98. The number of hydrogen-bond acceptors (Lipinski definition) is 2. The first-order chi connectivity index (χ1) is 17.1. The molecule has 4 aromatic carbocycles. The van der Waals surface area contributed by atoms with Crippen molar-refractivity contribution < 1.29 is 0 Å². The van der Waals surface area contributed by atoms with Gasteiger partial charge < -0.3 is 4.57 Å². The molecule has 0 aliphatic heterocycles. The lowest BCUT2D eigenvalue weighted by atomic mass is 9.97. The third kappa shape index (κ3) is 3.48. The van der Waals surface area contributed by atoms with E-state index < -0.39 is 0 Å². The second kappa shape index (κ2) is 8.27. The Morgan fingerprint density at radius 2 is 1.49 bits per heavy atom. The van der Waals surface area contributed by atoms with E-state index in [-0.39, 0.29) is 0 Å². The number of aromatic nitrogens is 2. The molecule has 0 amide bonds. The van der Waals surface area contributed by atoms with Gasteiger partial charge >= 0.3 is 0 Å². The number of rotatable bonds is 3. The highest BCUT2D eigenvalue weighted by Gasteiger charge is 2.15. The van der Waals surface area contributed by atoms with Crippen LogP contribution in [0.3, 0.4) is 0 Å². The van der Waals surface area contributed by atoms with Crippen LogP contribution in [0.4, 0.5) is 0 Å². The summed E-state index contributed by atoms with van der Waals surface area (Å²) in [6.45, 7) is 4.30. The van der Waals surface area contributed by atoms with Gasteiger partial charge in [0.1, 0.15) is 0 Å². The van der Waals surface area contributed by atoms with Gasteiger partial charge in [-0.1, -0.05) is 48.0 Å². The summed E-state index contributed by atoms with van der Waals surface area (Å²) in [5.41, 5.74) is 10.9. The summed E-state index contributed by atoms with van der Waals surface area (Å²) in [6, 6.07) is 34.2. The summed E-state index contributed by atoms with van der Waals surface area (Å²) in [4.78, 5) is 4.14. The number of nitrogens with zero attached hydrogens (tertiary/aromatic N) is 3. The van der Waals surface area contributed by atoms with Crippen molar-refractivity contribution in [2.24, 2.45) is 0 Å². The second-order valence-corrected chi connectivity index (χ2v) is 8.98. The molecule has 166 valence electrons. The molecule has 0 aliphatic rings. The quantitative estimate of drug-likeness (QED) is 0.275. The average Bonchev–Trinajstić information content (AvgIpc) is 3.22. The lowest BCUT2D eigenvalue weighted by molar-refractivity contribution is 1.18. The molecule has 6 aromatic rings. The molecule has 0 spiro atoms. The van der Waals surface area contributed by atoms with Crippen LogP contribution in [0.1, 0.15) is 16.7 Å². The van der Waals surface area contributed by atoms with Crippen LogP contribution in [0, 0.1) is 25.2 Å². The van der Waals surface area contributed by atoms with Gasteiger partial charge in [-0.05, 0) is 84.6 Å². The summed E-state index contributed by atoms with van der Waals surface area (Å²) in [5, 5.41) is 12.2. The summed E-state index contributed by atoms with van der Waals surface area (Å²) < 4.78 is 2.29. The van der Waals surface area contributed by atoms with E-state index in [2.05, 4.69) is 96.2 Å². The molecule has 0 saturated heterocycles. The third-order valence-electron chi connectivity index (χ3n) is 6.74. The van der Waals surface area contributed by atoms with Gasteiger partial charge in [-0.25, -0.2) is 0 Å². The van der Waals surface area contributed by atoms with E-state index in [1.807, 2.05) is 24.3 Å². The Balaban J connectivity index is 1.61. The Labute approximate surface area is 204 Å². The Hall–Kier alpha value is -4.68. The van der Waals surface area contributed by atoms with Crippen molar-refractivity contribution in [2.75, 3.05) is 0 Å². The van der Waals surface area contributed by atoms with Crippen molar-refractivity contribution in [1.82, 2.24) is 9.55 Å². The summed E-state index contributed by atoms with van der Waals surface area (Å²) >= 11 is 0. The van der Waals surface area contributed by atoms with Crippen LogP contribution in [0.15, 0.2) is 103 Å². The van der Waals surface area contributed by atoms with Gasteiger partial charge in [0.05, 0.1) is 22.7 Å². The third-order valence-corrected chi connectivity index (χ3v) is 6.74.